The van der Waals surface area contributed by atoms with Gasteiger partial charge in [-0.05, 0) is 30.5 Å². The summed E-state index contributed by atoms with van der Waals surface area (Å²) >= 11 is 1.40. The minimum absolute atomic E-state index is 0.318. The number of carbonyl (C=O) groups is 1. The topological polar surface area (TPSA) is 86.5 Å². The highest BCUT2D eigenvalue weighted by molar-refractivity contribution is 7.14. The first-order valence-electron chi connectivity index (χ1n) is 7.04. The number of hydrogen-bond acceptors (Lipinski definition) is 7. The molecule has 124 valence electrons. The van der Waals surface area contributed by atoms with Crippen LogP contribution in [0.2, 0.25) is 0 Å². The fourth-order valence-corrected chi connectivity index (χ4v) is 2.99. The van der Waals surface area contributed by atoms with Gasteiger partial charge in [0.2, 0.25) is 0 Å². The molecule has 0 saturated carbocycles. The number of aromatic nitrogens is 2. The van der Waals surface area contributed by atoms with Crippen molar-refractivity contribution in [2.24, 2.45) is 0 Å². The third kappa shape index (κ3) is 2.95. The molecule has 1 amide bonds. The lowest BCUT2D eigenvalue weighted by molar-refractivity contribution is 0.102. The summed E-state index contributed by atoms with van der Waals surface area (Å²) in [4.78, 5) is 17.5. The lowest BCUT2D eigenvalue weighted by Crippen LogP contribution is -2.13. The SMILES string of the molecule is COc1cccc(C(=O)Nc2ccsc2-c2nc(C)no2)c1OC. The number of aryl methyl sites for hydroxylation is 1. The van der Waals surface area contributed by atoms with Gasteiger partial charge in [0.25, 0.3) is 11.8 Å². The molecule has 3 rings (SSSR count). The Morgan fingerprint density at radius 3 is 2.75 bits per heavy atom. The van der Waals surface area contributed by atoms with Crippen molar-refractivity contribution in [2.75, 3.05) is 19.5 Å². The average Bonchev–Trinajstić information content (AvgIpc) is 3.22. The standard InChI is InChI=1S/C16H15N3O4S/c1-9-17-16(23-19-9)14-11(7-8-24-14)18-15(20)10-5-4-6-12(21-2)13(10)22-3/h4-8H,1-3H3,(H,18,20). The second-order valence-corrected chi connectivity index (χ2v) is 5.72. The third-order valence-electron chi connectivity index (χ3n) is 3.28. The van der Waals surface area contributed by atoms with Crippen molar-refractivity contribution in [1.82, 2.24) is 10.1 Å². The predicted octanol–water partition coefficient (Wildman–Crippen LogP) is 3.38. The molecule has 2 aromatic heterocycles. The Kier molecular flexibility index (Phi) is 4.48. The van der Waals surface area contributed by atoms with Gasteiger partial charge in [0, 0.05) is 0 Å². The molecule has 0 bridgehead atoms. The maximum Gasteiger partial charge on any atom is 0.270 e. The maximum absolute atomic E-state index is 12.6. The van der Waals surface area contributed by atoms with Gasteiger partial charge in [0.1, 0.15) is 4.88 Å². The number of nitrogens with one attached hydrogen (secondary N) is 1. The van der Waals surface area contributed by atoms with Gasteiger partial charge < -0.3 is 19.3 Å². The van der Waals surface area contributed by atoms with Crippen LogP contribution in [0.1, 0.15) is 16.2 Å². The molecule has 1 aromatic carbocycles. The van der Waals surface area contributed by atoms with E-state index in [4.69, 9.17) is 14.0 Å². The van der Waals surface area contributed by atoms with Crippen molar-refractivity contribution in [3.8, 4) is 22.3 Å². The fourth-order valence-electron chi connectivity index (χ4n) is 2.22. The summed E-state index contributed by atoms with van der Waals surface area (Å²) in [5.74, 6) is 1.45. The molecule has 0 radical (unpaired) electrons. The van der Waals surface area contributed by atoms with Crippen LogP contribution in [-0.2, 0) is 0 Å². The molecule has 1 N–H and O–H groups in total. The van der Waals surface area contributed by atoms with Crippen molar-refractivity contribution < 1.29 is 18.8 Å². The second-order valence-electron chi connectivity index (χ2n) is 4.81. The molecule has 24 heavy (non-hydrogen) atoms. The maximum atomic E-state index is 12.6. The summed E-state index contributed by atoms with van der Waals surface area (Å²) in [7, 11) is 3.01. The summed E-state index contributed by atoms with van der Waals surface area (Å²) in [5.41, 5.74) is 0.967. The molecule has 0 unspecified atom stereocenters. The number of amides is 1. The Labute approximate surface area is 142 Å². The molecule has 0 aliphatic heterocycles. The Morgan fingerprint density at radius 2 is 2.08 bits per heavy atom. The molecule has 0 aliphatic rings. The van der Waals surface area contributed by atoms with E-state index in [2.05, 4.69) is 15.5 Å². The quantitative estimate of drug-likeness (QED) is 0.763. The van der Waals surface area contributed by atoms with Gasteiger partial charge in [-0.25, -0.2) is 0 Å². The van der Waals surface area contributed by atoms with E-state index >= 15 is 0 Å². The molecule has 0 aliphatic carbocycles. The average molecular weight is 345 g/mol. The van der Waals surface area contributed by atoms with Crippen LogP contribution in [0.5, 0.6) is 11.5 Å². The van der Waals surface area contributed by atoms with Crippen LogP contribution >= 0.6 is 11.3 Å². The minimum atomic E-state index is -0.318. The van der Waals surface area contributed by atoms with Crippen LogP contribution in [0.25, 0.3) is 10.8 Å². The summed E-state index contributed by atoms with van der Waals surface area (Å²) in [6.07, 6.45) is 0. The number of anilines is 1. The zero-order chi connectivity index (χ0) is 17.1. The van der Waals surface area contributed by atoms with Crippen LogP contribution in [-0.4, -0.2) is 30.3 Å². The lowest BCUT2D eigenvalue weighted by atomic mass is 10.1. The van der Waals surface area contributed by atoms with E-state index in [1.807, 2.05) is 5.38 Å². The van der Waals surface area contributed by atoms with Gasteiger partial charge in [0.05, 0.1) is 25.5 Å². The predicted molar refractivity (Wildman–Crippen MR) is 89.8 cm³/mol. The van der Waals surface area contributed by atoms with E-state index in [1.54, 1.807) is 31.2 Å². The van der Waals surface area contributed by atoms with Gasteiger partial charge in [-0.15, -0.1) is 11.3 Å². The fraction of sp³-hybridized carbons (Fsp3) is 0.188. The van der Waals surface area contributed by atoms with Crippen molar-refractivity contribution in [2.45, 2.75) is 6.92 Å². The number of benzene rings is 1. The van der Waals surface area contributed by atoms with E-state index in [1.165, 1.54) is 25.6 Å². The van der Waals surface area contributed by atoms with E-state index < -0.39 is 0 Å². The monoisotopic (exact) mass is 345 g/mol. The van der Waals surface area contributed by atoms with E-state index in [-0.39, 0.29) is 5.91 Å². The molecule has 7 nitrogen and oxygen atoms in total. The number of thiophene rings is 1. The lowest BCUT2D eigenvalue weighted by Gasteiger charge is -2.12. The largest absolute Gasteiger partial charge is 0.493 e. The highest BCUT2D eigenvalue weighted by Crippen LogP contribution is 2.35. The van der Waals surface area contributed by atoms with E-state index in [9.17, 15) is 4.79 Å². The van der Waals surface area contributed by atoms with Crippen LogP contribution in [0, 0.1) is 6.92 Å². The smallest absolute Gasteiger partial charge is 0.270 e. The number of carbonyl (C=O) groups excluding carboxylic acids is 1. The first-order chi connectivity index (χ1) is 11.6. The van der Waals surface area contributed by atoms with Gasteiger partial charge >= 0.3 is 0 Å². The van der Waals surface area contributed by atoms with Gasteiger partial charge in [-0.2, -0.15) is 4.98 Å². The van der Waals surface area contributed by atoms with Crippen LogP contribution in [0.4, 0.5) is 5.69 Å². The van der Waals surface area contributed by atoms with E-state index in [0.717, 1.165) is 0 Å². The molecule has 2 heterocycles. The van der Waals surface area contributed by atoms with Crippen LogP contribution < -0.4 is 14.8 Å². The zero-order valence-corrected chi connectivity index (χ0v) is 14.1. The Hall–Kier alpha value is -2.87. The molecule has 8 heteroatoms. The number of nitrogens with zero attached hydrogens (tertiary/aromatic N) is 2. The highest BCUT2D eigenvalue weighted by Gasteiger charge is 2.20. The Morgan fingerprint density at radius 1 is 1.25 bits per heavy atom. The molecular formula is C16H15N3O4S. The summed E-state index contributed by atoms with van der Waals surface area (Å²) in [6.45, 7) is 1.74. The van der Waals surface area contributed by atoms with Gasteiger partial charge in [-0.1, -0.05) is 11.2 Å². The molecule has 0 spiro atoms. The molecular weight excluding hydrogens is 330 g/mol. The first-order valence-corrected chi connectivity index (χ1v) is 7.92. The summed E-state index contributed by atoms with van der Waals surface area (Å²) in [5, 5.41) is 8.46. The Bertz CT molecular complexity index is 872. The van der Waals surface area contributed by atoms with Crippen LogP contribution in [0.3, 0.4) is 0 Å². The molecule has 3 aromatic rings. The molecule has 0 fully saturated rings. The number of rotatable bonds is 5. The second kappa shape index (κ2) is 6.71. The molecule has 0 saturated heterocycles. The zero-order valence-electron chi connectivity index (χ0n) is 13.3. The van der Waals surface area contributed by atoms with Crippen molar-refractivity contribution in [3.63, 3.8) is 0 Å². The van der Waals surface area contributed by atoms with Crippen molar-refractivity contribution in [3.05, 3.63) is 41.0 Å². The summed E-state index contributed by atoms with van der Waals surface area (Å²) in [6, 6.07) is 6.91. The first kappa shape index (κ1) is 16.0. The number of methoxy groups -OCH3 is 2. The third-order valence-corrected chi connectivity index (χ3v) is 4.19. The van der Waals surface area contributed by atoms with Gasteiger partial charge in [0.15, 0.2) is 17.3 Å². The minimum Gasteiger partial charge on any atom is -0.493 e. The number of para-hydroxylation sites is 1. The van der Waals surface area contributed by atoms with Crippen molar-refractivity contribution in [1.29, 1.82) is 0 Å². The molecule has 0 atom stereocenters. The summed E-state index contributed by atoms with van der Waals surface area (Å²) < 4.78 is 15.7. The van der Waals surface area contributed by atoms with Crippen LogP contribution in [0.15, 0.2) is 34.2 Å². The number of hydrogen-bond donors (Lipinski definition) is 1. The highest BCUT2D eigenvalue weighted by atomic mass is 32.1. The van der Waals surface area contributed by atoms with Gasteiger partial charge in [-0.3, -0.25) is 4.79 Å². The number of ether oxygens (including phenoxy) is 2. The normalized spacial score (nSPS) is 10.5. The van der Waals surface area contributed by atoms with E-state index in [0.29, 0.717) is 39.3 Å². The Balaban J connectivity index is 1.91. The van der Waals surface area contributed by atoms with Crippen molar-refractivity contribution >= 4 is 22.9 Å².